The lowest BCUT2D eigenvalue weighted by Crippen LogP contribution is -2.09. The highest BCUT2D eigenvalue weighted by molar-refractivity contribution is 7.61. The van der Waals surface area contributed by atoms with Gasteiger partial charge in [-0.15, -0.1) is 0 Å². The summed E-state index contributed by atoms with van der Waals surface area (Å²) in [6, 6.07) is 16.1. The van der Waals surface area contributed by atoms with Crippen molar-refractivity contribution in [2.75, 3.05) is 0 Å². The molecule has 1 unspecified atom stereocenters. The minimum Gasteiger partial charge on any atom is -0.421 e. The summed E-state index contributed by atoms with van der Waals surface area (Å²) in [5.74, 6) is 0.405. The molecule has 0 bridgehead atoms. The van der Waals surface area contributed by atoms with E-state index in [1.165, 1.54) is 63.4 Å². The van der Waals surface area contributed by atoms with Crippen LogP contribution < -0.4 is 9.83 Å². The SMILES string of the molecule is CCCCCCCCCCCc1ccc(P(=O)(O)Oc2ccccc2)cc1. The first-order valence-corrected chi connectivity index (χ1v) is 11.9. The van der Waals surface area contributed by atoms with E-state index in [9.17, 15) is 9.46 Å². The second kappa shape index (κ2) is 12.0. The summed E-state index contributed by atoms with van der Waals surface area (Å²) in [6.07, 6.45) is 12.9. The van der Waals surface area contributed by atoms with Gasteiger partial charge in [0.15, 0.2) is 0 Å². The van der Waals surface area contributed by atoms with Crippen LogP contribution in [0.2, 0.25) is 0 Å². The van der Waals surface area contributed by atoms with Crippen LogP contribution >= 0.6 is 7.60 Å². The van der Waals surface area contributed by atoms with E-state index in [0.717, 1.165) is 6.42 Å². The molecule has 0 aliphatic rings. The first kappa shape index (κ1) is 21.7. The van der Waals surface area contributed by atoms with Gasteiger partial charge in [0.25, 0.3) is 0 Å². The third kappa shape index (κ3) is 8.32. The van der Waals surface area contributed by atoms with Crippen molar-refractivity contribution in [2.45, 2.75) is 71.1 Å². The van der Waals surface area contributed by atoms with E-state index in [4.69, 9.17) is 4.52 Å². The van der Waals surface area contributed by atoms with Crippen LogP contribution in [0.5, 0.6) is 5.75 Å². The summed E-state index contributed by atoms with van der Waals surface area (Å²) in [5, 5.41) is 0.335. The number of unbranched alkanes of at least 4 members (excludes halogenated alkanes) is 8. The Labute approximate surface area is 164 Å². The smallest absolute Gasteiger partial charge is 0.408 e. The van der Waals surface area contributed by atoms with Gasteiger partial charge in [0.05, 0.1) is 5.30 Å². The molecule has 0 aromatic heterocycles. The summed E-state index contributed by atoms with van der Waals surface area (Å²) in [4.78, 5) is 10.2. The van der Waals surface area contributed by atoms with Gasteiger partial charge in [-0.25, -0.2) is 4.57 Å². The molecule has 0 spiro atoms. The molecule has 0 amide bonds. The van der Waals surface area contributed by atoms with Crippen molar-refractivity contribution in [3.05, 3.63) is 60.2 Å². The maximum Gasteiger partial charge on any atom is 0.408 e. The van der Waals surface area contributed by atoms with Crippen LogP contribution in [0.1, 0.15) is 70.3 Å². The molecule has 0 saturated heterocycles. The van der Waals surface area contributed by atoms with Crippen molar-refractivity contribution in [1.29, 1.82) is 0 Å². The average molecular weight is 388 g/mol. The molecule has 0 aliphatic carbocycles. The number of hydrogen-bond acceptors (Lipinski definition) is 2. The third-order valence-electron chi connectivity index (χ3n) is 4.80. The van der Waals surface area contributed by atoms with Crippen LogP contribution in [0.15, 0.2) is 54.6 Å². The summed E-state index contributed by atoms with van der Waals surface area (Å²) >= 11 is 0. The minimum absolute atomic E-state index is 0.335. The molecule has 0 heterocycles. The summed E-state index contributed by atoms with van der Waals surface area (Å²) in [7, 11) is -3.84. The van der Waals surface area contributed by atoms with Gasteiger partial charge in [-0.05, 0) is 42.7 Å². The van der Waals surface area contributed by atoms with Crippen LogP contribution in [0.4, 0.5) is 0 Å². The van der Waals surface area contributed by atoms with Gasteiger partial charge in [-0.3, -0.25) is 0 Å². The summed E-state index contributed by atoms with van der Waals surface area (Å²) < 4.78 is 17.8. The number of para-hydroxylation sites is 1. The van der Waals surface area contributed by atoms with Crippen LogP contribution in [0.25, 0.3) is 0 Å². The van der Waals surface area contributed by atoms with Gasteiger partial charge in [-0.1, -0.05) is 88.6 Å². The zero-order chi connectivity index (χ0) is 19.4. The van der Waals surface area contributed by atoms with Crippen molar-refractivity contribution in [3.63, 3.8) is 0 Å². The maximum absolute atomic E-state index is 12.5. The molecular formula is C23H33O3P. The molecule has 0 aliphatic heterocycles. The molecule has 2 aromatic rings. The summed E-state index contributed by atoms with van der Waals surface area (Å²) in [5.41, 5.74) is 1.21. The van der Waals surface area contributed by atoms with E-state index in [-0.39, 0.29) is 0 Å². The van der Waals surface area contributed by atoms with Crippen molar-refractivity contribution in [2.24, 2.45) is 0 Å². The molecule has 2 aromatic carbocycles. The average Bonchev–Trinajstić information content (AvgIpc) is 2.67. The van der Waals surface area contributed by atoms with Gasteiger partial charge in [0, 0.05) is 0 Å². The normalized spacial score (nSPS) is 13.3. The zero-order valence-electron chi connectivity index (χ0n) is 16.5. The van der Waals surface area contributed by atoms with E-state index >= 15 is 0 Å². The van der Waals surface area contributed by atoms with Gasteiger partial charge in [0.1, 0.15) is 5.75 Å². The Balaban J connectivity index is 1.69. The fraction of sp³-hybridized carbons (Fsp3) is 0.478. The molecule has 0 saturated carbocycles. The van der Waals surface area contributed by atoms with Crippen LogP contribution in [-0.2, 0) is 11.0 Å². The number of hydrogen-bond donors (Lipinski definition) is 1. The van der Waals surface area contributed by atoms with Crippen molar-refractivity contribution in [3.8, 4) is 5.75 Å². The Bertz CT molecular complexity index is 683. The van der Waals surface area contributed by atoms with E-state index < -0.39 is 7.60 Å². The Hall–Kier alpha value is -1.57. The molecular weight excluding hydrogens is 355 g/mol. The highest BCUT2D eigenvalue weighted by atomic mass is 31.2. The molecule has 4 heteroatoms. The second-order valence-electron chi connectivity index (χ2n) is 7.17. The third-order valence-corrected chi connectivity index (χ3v) is 6.21. The van der Waals surface area contributed by atoms with Gasteiger partial charge in [-0.2, -0.15) is 0 Å². The predicted molar refractivity (Wildman–Crippen MR) is 114 cm³/mol. The van der Waals surface area contributed by atoms with E-state index in [1.54, 1.807) is 36.4 Å². The van der Waals surface area contributed by atoms with Crippen molar-refractivity contribution >= 4 is 12.9 Å². The highest BCUT2D eigenvalue weighted by Crippen LogP contribution is 2.41. The monoisotopic (exact) mass is 388 g/mol. The Morgan fingerprint density at radius 1 is 0.778 bits per heavy atom. The van der Waals surface area contributed by atoms with E-state index in [0.29, 0.717) is 11.1 Å². The molecule has 0 fully saturated rings. The molecule has 27 heavy (non-hydrogen) atoms. The predicted octanol–water partition coefficient (Wildman–Crippen LogP) is 6.65. The topological polar surface area (TPSA) is 46.5 Å². The summed E-state index contributed by atoms with van der Waals surface area (Å²) in [6.45, 7) is 2.25. The fourth-order valence-electron chi connectivity index (χ4n) is 3.17. The highest BCUT2D eigenvalue weighted by Gasteiger charge is 2.24. The van der Waals surface area contributed by atoms with Crippen molar-refractivity contribution in [1.82, 2.24) is 0 Å². The lowest BCUT2D eigenvalue weighted by Gasteiger charge is -2.14. The van der Waals surface area contributed by atoms with E-state index in [1.807, 2.05) is 18.2 Å². The van der Waals surface area contributed by atoms with Crippen LogP contribution in [0.3, 0.4) is 0 Å². The van der Waals surface area contributed by atoms with Gasteiger partial charge >= 0.3 is 7.60 Å². The molecule has 148 valence electrons. The maximum atomic E-state index is 12.5. The Morgan fingerprint density at radius 3 is 1.93 bits per heavy atom. The lowest BCUT2D eigenvalue weighted by atomic mass is 10.0. The largest absolute Gasteiger partial charge is 0.421 e. The Kier molecular flexibility index (Phi) is 9.66. The minimum atomic E-state index is -3.84. The molecule has 1 atom stereocenters. The standard InChI is InChI=1S/C23H33O3P/c1-2-3-4-5-6-7-8-9-11-14-21-17-19-23(20-18-21)27(24,25)26-22-15-12-10-13-16-22/h10,12-13,15-20H,2-9,11,14H2,1H3,(H,24,25). The van der Waals surface area contributed by atoms with Crippen LogP contribution in [-0.4, -0.2) is 4.89 Å². The van der Waals surface area contributed by atoms with Gasteiger partial charge < -0.3 is 9.42 Å². The second-order valence-corrected chi connectivity index (χ2v) is 8.91. The van der Waals surface area contributed by atoms with Crippen molar-refractivity contribution < 1.29 is 14.0 Å². The van der Waals surface area contributed by atoms with Crippen LogP contribution in [0, 0.1) is 0 Å². The molecule has 1 N–H and O–H groups in total. The first-order valence-electron chi connectivity index (χ1n) is 10.3. The van der Waals surface area contributed by atoms with E-state index in [2.05, 4.69) is 6.92 Å². The quantitative estimate of drug-likeness (QED) is 0.309. The molecule has 2 rings (SSSR count). The first-order chi connectivity index (χ1) is 13.1. The number of aryl methyl sites for hydroxylation is 1. The lowest BCUT2D eigenvalue weighted by molar-refractivity contribution is 0.393. The fourth-order valence-corrected chi connectivity index (χ4v) is 4.21. The molecule has 0 radical (unpaired) electrons. The zero-order valence-corrected chi connectivity index (χ0v) is 17.4. The number of rotatable bonds is 13. The number of benzene rings is 2. The van der Waals surface area contributed by atoms with Gasteiger partial charge in [0.2, 0.25) is 0 Å². The Morgan fingerprint density at radius 2 is 1.33 bits per heavy atom. The molecule has 3 nitrogen and oxygen atoms in total.